The quantitative estimate of drug-likeness (QED) is 0.329. The van der Waals surface area contributed by atoms with Crippen molar-refractivity contribution in [1.82, 2.24) is 35.1 Å². The Morgan fingerprint density at radius 3 is 2.45 bits per heavy atom. The number of piperidine rings is 2. The smallest absolute Gasteiger partial charge is 0.320 e. The number of aromatic nitrogens is 2. The van der Waals surface area contributed by atoms with Gasteiger partial charge in [-0.1, -0.05) is 6.07 Å². The van der Waals surface area contributed by atoms with Gasteiger partial charge in [-0.25, -0.2) is 9.18 Å². The first-order chi connectivity index (χ1) is 26.7. The Morgan fingerprint density at radius 2 is 1.65 bits per heavy atom. The first-order valence-electron chi connectivity index (χ1n) is 19.3. The number of nitrogens with zero attached hydrogens (tertiary/aromatic N) is 8. The molecule has 7 heterocycles. The van der Waals surface area contributed by atoms with Crippen LogP contribution in [0.2, 0.25) is 0 Å². The van der Waals surface area contributed by atoms with Gasteiger partial charge in [0.25, 0.3) is 5.91 Å². The maximum atomic E-state index is 14.0. The summed E-state index contributed by atoms with van der Waals surface area (Å²) in [6.45, 7) is 8.67. The van der Waals surface area contributed by atoms with E-state index in [0.29, 0.717) is 75.2 Å². The number of phenols is 1. The summed E-state index contributed by atoms with van der Waals surface area (Å²) in [5.74, 6) is -0.159. The Hall–Kier alpha value is -5.51. The number of imide groups is 1. The molecule has 288 valence electrons. The van der Waals surface area contributed by atoms with Crippen LogP contribution in [0.4, 0.5) is 26.4 Å². The van der Waals surface area contributed by atoms with E-state index in [-0.39, 0.29) is 41.6 Å². The maximum Gasteiger partial charge on any atom is 0.320 e. The maximum absolute atomic E-state index is 14.0. The number of nitrogens with one attached hydrogen (secondary N) is 2. The fourth-order valence-electron chi connectivity index (χ4n) is 9.11. The fourth-order valence-corrected chi connectivity index (χ4v) is 9.11. The lowest BCUT2D eigenvalue weighted by Gasteiger charge is -2.47. The van der Waals surface area contributed by atoms with Crippen LogP contribution in [-0.2, 0) is 16.1 Å². The van der Waals surface area contributed by atoms with Crippen molar-refractivity contribution in [2.45, 2.75) is 44.3 Å². The van der Waals surface area contributed by atoms with Crippen LogP contribution in [0.25, 0.3) is 11.3 Å². The second-order valence-corrected chi connectivity index (χ2v) is 15.5. The summed E-state index contributed by atoms with van der Waals surface area (Å²) in [7, 11) is 0. The van der Waals surface area contributed by atoms with E-state index in [1.165, 1.54) is 18.2 Å². The van der Waals surface area contributed by atoms with Crippen molar-refractivity contribution in [3.05, 3.63) is 59.4 Å². The van der Waals surface area contributed by atoms with Crippen molar-refractivity contribution in [2.24, 2.45) is 5.92 Å². The molecule has 9 rings (SSSR count). The molecule has 0 spiro atoms. The van der Waals surface area contributed by atoms with Crippen LogP contribution in [0.5, 0.6) is 5.75 Å². The summed E-state index contributed by atoms with van der Waals surface area (Å²) in [6.07, 6.45) is 2.69. The second-order valence-electron chi connectivity index (χ2n) is 15.5. The number of aromatic hydroxyl groups is 1. The Morgan fingerprint density at radius 1 is 0.855 bits per heavy atom. The van der Waals surface area contributed by atoms with E-state index in [2.05, 4.69) is 41.6 Å². The van der Waals surface area contributed by atoms with Gasteiger partial charge in [-0.15, -0.1) is 10.2 Å². The highest BCUT2D eigenvalue weighted by atomic mass is 19.1. The van der Waals surface area contributed by atoms with Crippen molar-refractivity contribution in [2.75, 3.05) is 87.1 Å². The number of hydrogen-bond donors (Lipinski definition) is 3. The van der Waals surface area contributed by atoms with Crippen LogP contribution in [0.15, 0.2) is 42.5 Å². The molecular weight excluding hydrogens is 707 g/mol. The number of benzene rings is 2. The zero-order chi connectivity index (χ0) is 37.8. The van der Waals surface area contributed by atoms with Crippen molar-refractivity contribution in [3.8, 4) is 17.0 Å². The third kappa shape index (κ3) is 6.76. The highest BCUT2D eigenvalue weighted by Crippen LogP contribution is 2.37. The Bertz CT molecular complexity index is 2030. The summed E-state index contributed by atoms with van der Waals surface area (Å²) in [6, 6.07) is 11.1. The highest BCUT2D eigenvalue weighted by Gasteiger charge is 2.40. The molecule has 1 unspecified atom stereocenters. The molecule has 16 heteroatoms. The number of halogens is 1. The minimum atomic E-state index is -0.611. The molecule has 2 atom stereocenters. The molecule has 15 nitrogen and oxygen atoms in total. The molecule has 6 aliphatic heterocycles. The number of urea groups is 1. The van der Waals surface area contributed by atoms with Gasteiger partial charge >= 0.3 is 6.03 Å². The van der Waals surface area contributed by atoms with Crippen LogP contribution >= 0.6 is 0 Å². The summed E-state index contributed by atoms with van der Waals surface area (Å²) < 4.78 is 14.0. The molecule has 5 amide bonds. The van der Waals surface area contributed by atoms with Crippen LogP contribution in [-0.4, -0.2) is 143 Å². The van der Waals surface area contributed by atoms with Gasteiger partial charge < -0.3 is 34.9 Å². The average molecular weight is 753 g/mol. The Balaban J connectivity index is 0.740. The molecule has 1 aromatic heterocycles. The standard InChI is InChI=1S/C39H45FN10O5/c40-26-2-5-34(51)30(17-26)31-19-33-36(44-43-31)41-20-28-23-48(15-16-49(28)33)39(55)47-13-11-45(12-14-47)21-24-7-9-46(10-8-24)27-3-1-25-22-50(38(54)29(25)18-27)32-4-6-35(52)42-37(32)53/h1-3,5,17-19,24,28,32,51H,4,6-16,20-23H2,(H,41,44)(H,42,52,53)/t28-,32?/m0/s1. The lowest BCUT2D eigenvalue weighted by Crippen LogP contribution is -2.62. The molecule has 4 saturated heterocycles. The number of amides is 5. The zero-order valence-electron chi connectivity index (χ0n) is 30.6. The molecule has 2 aromatic carbocycles. The number of anilines is 3. The minimum absolute atomic E-state index is 0.0420. The number of piperazine rings is 2. The molecule has 0 bridgehead atoms. The molecule has 0 radical (unpaired) electrons. The second kappa shape index (κ2) is 14.3. The lowest BCUT2D eigenvalue weighted by molar-refractivity contribution is -0.136. The number of rotatable bonds is 5. The van der Waals surface area contributed by atoms with E-state index in [1.807, 2.05) is 28.0 Å². The van der Waals surface area contributed by atoms with Crippen LogP contribution in [0.1, 0.15) is 41.6 Å². The number of phenolic OH excluding ortho intramolecular Hbond substituents is 1. The van der Waals surface area contributed by atoms with Crippen molar-refractivity contribution >= 4 is 40.9 Å². The number of carbonyl (C=O) groups excluding carboxylic acids is 4. The van der Waals surface area contributed by atoms with Crippen LogP contribution in [0.3, 0.4) is 0 Å². The van der Waals surface area contributed by atoms with Crippen LogP contribution in [0, 0.1) is 11.7 Å². The molecular formula is C39H45FN10O5. The molecule has 55 heavy (non-hydrogen) atoms. The van der Waals surface area contributed by atoms with E-state index in [9.17, 15) is 28.7 Å². The van der Waals surface area contributed by atoms with Gasteiger partial charge in [-0.05, 0) is 67.1 Å². The molecule has 0 saturated carbocycles. The van der Waals surface area contributed by atoms with Gasteiger partial charge in [0.2, 0.25) is 11.8 Å². The van der Waals surface area contributed by atoms with E-state index in [1.54, 1.807) is 4.90 Å². The minimum Gasteiger partial charge on any atom is -0.507 e. The summed E-state index contributed by atoms with van der Waals surface area (Å²) in [5.41, 5.74) is 4.09. The summed E-state index contributed by atoms with van der Waals surface area (Å²) in [5, 5.41) is 24.6. The molecule has 0 aliphatic carbocycles. The summed E-state index contributed by atoms with van der Waals surface area (Å²) in [4.78, 5) is 63.7. The number of hydrogen-bond acceptors (Lipinski definition) is 11. The monoisotopic (exact) mass is 752 g/mol. The Labute approximate surface area is 318 Å². The average Bonchev–Trinajstić information content (AvgIpc) is 3.53. The largest absolute Gasteiger partial charge is 0.507 e. The van der Waals surface area contributed by atoms with Gasteiger partial charge in [0, 0.05) is 102 Å². The fraction of sp³-hybridized carbons (Fsp3) is 0.487. The predicted molar refractivity (Wildman–Crippen MR) is 201 cm³/mol. The van der Waals surface area contributed by atoms with E-state index in [0.717, 1.165) is 62.5 Å². The summed E-state index contributed by atoms with van der Waals surface area (Å²) >= 11 is 0. The molecule has 6 aliphatic rings. The van der Waals surface area contributed by atoms with E-state index in [4.69, 9.17) is 0 Å². The molecule has 3 aromatic rings. The van der Waals surface area contributed by atoms with Crippen molar-refractivity contribution in [3.63, 3.8) is 0 Å². The van der Waals surface area contributed by atoms with E-state index < -0.39 is 17.8 Å². The van der Waals surface area contributed by atoms with E-state index >= 15 is 0 Å². The number of fused-ring (bicyclic) bond motifs is 4. The van der Waals surface area contributed by atoms with Crippen molar-refractivity contribution in [1.29, 1.82) is 0 Å². The Kier molecular flexibility index (Phi) is 9.15. The topological polar surface area (TPSA) is 158 Å². The van der Waals surface area contributed by atoms with Gasteiger partial charge in [0.15, 0.2) is 5.82 Å². The third-order valence-corrected chi connectivity index (χ3v) is 12.2. The van der Waals surface area contributed by atoms with Gasteiger partial charge in [-0.3, -0.25) is 24.6 Å². The molecule has 3 N–H and O–H groups in total. The first-order valence-corrected chi connectivity index (χ1v) is 19.3. The first kappa shape index (κ1) is 35.2. The normalized spacial score (nSPS) is 23.3. The third-order valence-electron chi connectivity index (χ3n) is 12.2. The lowest BCUT2D eigenvalue weighted by atomic mass is 9.95. The van der Waals surface area contributed by atoms with Crippen LogP contribution < -0.4 is 20.4 Å². The highest BCUT2D eigenvalue weighted by molar-refractivity contribution is 6.05. The van der Waals surface area contributed by atoms with Crippen molar-refractivity contribution < 1.29 is 28.7 Å². The van der Waals surface area contributed by atoms with Gasteiger partial charge in [-0.2, -0.15) is 0 Å². The number of carbonyl (C=O) groups is 4. The molecule has 4 fully saturated rings. The zero-order valence-corrected chi connectivity index (χ0v) is 30.6. The predicted octanol–water partition coefficient (Wildman–Crippen LogP) is 2.32. The SMILES string of the molecule is O=C1CCC(N2Cc3ccc(N4CCC(CN5CCN(C(=O)N6CCN7c8cc(-c9cc(F)ccc9O)nnc8NC[C@H]7C6)CC5)CC4)cc3C2=O)C(=O)N1. The van der Waals surface area contributed by atoms with Gasteiger partial charge in [0.05, 0.1) is 17.4 Å². The van der Waals surface area contributed by atoms with Gasteiger partial charge in [0.1, 0.15) is 17.6 Å².